The van der Waals surface area contributed by atoms with E-state index in [4.69, 9.17) is 10.5 Å². The van der Waals surface area contributed by atoms with Crippen LogP contribution in [0.5, 0.6) is 0 Å². The quantitative estimate of drug-likeness (QED) is 0.718. The fraction of sp³-hybridized carbons (Fsp3) is 0.556. The lowest BCUT2D eigenvalue weighted by Gasteiger charge is -2.21. The Kier molecular flexibility index (Phi) is 2.17. The normalized spacial score (nSPS) is 22.3. The molecule has 0 bridgehead atoms. The highest BCUT2D eigenvalue weighted by Crippen LogP contribution is 2.32. The lowest BCUT2D eigenvalue weighted by atomic mass is 10.1. The van der Waals surface area contributed by atoms with E-state index in [-0.39, 0.29) is 6.10 Å². The molecule has 0 saturated heterocycles. The second kappa shape index (κ2) is 3.17. The van der Waals surface area contributed by atoms with Gasteiger partial charge in [0.15, 0.2) is 0 Å². The largest absolute Gasteiger partial charge is 0.372 e. The summed E-state index contributed by atoms with van der Waals surface area (Å²) in [6, 6.07) is 2.21. The van der Waals surface area contributed by atoms with Gasteiger partial charge in [0.05, 0.1) is 12.7 Å². The molecule has 1 aliphatic rings. The zero-order chi connectivity index (χ0) is 8.55. The Bertz CT molecular complexity index is 282. The molecule has 0 spiro atoms. The minimum Gasteiger partial charge on any atom is -0.372 e. The highest BCUT2D eigenvalue weighted by Gasteiger charge is 2.21. The van der Waals surface area contributed by atoms with Crippen molar-refractivity contribution in [1.82, 2.24) is 0 Å². The van der Waals surface area contributed by atoms with Crippen LogP contribution in [-0.2, 0) is 11.2 Å². The highest BCUT2D eigenvalue weighted by atomic mass is 32.1. The van der Waals surface area contributed by atoms with Crippen LogP contribution in [-0.4, -0.2) is 13.2 Å². The van der Waals surface area contributed by atoms with Crippen molar-refractivity contribution < 1.29 is 4.74 Å². The highest BCUT2D eigenvalue weighted by molar-refractivity contribution is 7.12. The summed E-state index contributed by atoms with van der Waals surface area (Å²) >= 11 is 1.87. The average Bonchev–Trinajstić information content (AvgIpc) is 2.44. The van der Waals surface area contributed by atoms with E-state index in [2.05, 4.69) is 13.0 Å². The third kappa shape index (κ3) is 1.28. The van der Waals surface area contributed by atoms with Crippen LogP contribution in [0.2, 0.25) is 0 Å². The third-order valence-electron chi connectivity index (χ3n) is 2.17. The van der Waals surface area contributed by atoms with Gasteiger partial charge in [-0.1, -0.05) is 0 Å². The van der Waals surface area contributed by atoms with Crippen molar-refractivity contribution in [3.8, 4) is 0 Å². The van der Waals surface area contributed by atoms with E-state index in [1.54, 1.807) is 0 Å². The predicted molar refractivity (Wildman–Crippen MR) is 50.5 cm³/mol. The Morgan fingerprint density at radius 2 is 2.58 bits per heavy atom. The molecule has 0 amide bonds. The summed E-state index contributed by atoms with van der Waals surface area (Å²) in [5, 5.41) is 0. The molecule has 0 radical (unpaired) electrons. The van der Waals surface area contributed by atoms with Crippen molar-refractivity contribution in [3.05, 3.63) is 21.4 Å². The summed E-state index contributed by atoms with van der Waals surface area (Å²) in [6.07, 6.45) is 1.21. The molecule has 0 aliphatic carbocycles. The van der Waals surface area contributed by atoms with Crippen molar-refractivity contribution in [1.29, 1.82) is 0 Å². The fourth-order valence-electron chi connectivity index (χ4n) is 1.63. The Balaban J connectivity index is 2.36. The molecule has 1 aromatic rings. The van der Waals surface area contributed by atoms with Crippen LogP contribution in [0.25, 0.3) is 0 Å². The fourth-order valence-corrected chi connectivity index (χ4v) is 2.70. The standard InChI is InChI=1S/C9H13NOS/c1-6-4-7-8(5-10)11-3-2-9(7)12-6/h4,8H,2-3,5,10H2,1H3/t8-/m1/s1. The summed E-state index contributed by atoms with van der Waals surface area (Å²) in [4.78, 5) is 2.83. The van der Waals surface area contributed by atoms with Crippen molar-refractivity contribution in [2.45, 2.75) is 19.4 Å². The van der Waals surface area contributed by atoms with Crippen molar-refractivity contribution in [2.24, 2.45) is 5.73 Å². The molecule has 0 fully saturated rings. The molecule has 3 heteroatoms. The zero-order valence-corrected chi connectivity index (χ0v) is 7.99. The van der Waals surface area contributed by atoms with Gasteiger partial charge in [0.2, 0.25) is 0 Å². The molecule has 1 atom stereocenters. The molecule has 2 N–H and O–H groups in total. The minimum absolute atomic E-state index is 0.152. The van der Waals surface area contributed by atoms with E-state index in [0.29, 0.717) is 6.54 Å². The number of rotatable bonds is 1. The molecular weight excluding hydrogens is 170 g/mol. The Morgan fingerprint density at radius 3 is 3.33 bits per heavy atom. The van der Waals surface area contributed by atoms with Crippen LogP contribution in [0.4, 0.5) is 0 Å². The summed E-state index contributed by atoms with van der Waals surface area (Å²) in [7, 11) is 0. The maximum absolute atomic E-state index is 5.61. The van der Waals surface area contributed by atoms with Gasteiger partial charge in [-0.3, -0.25) is 0 Å². The van der Waals surface area contributed by atoms with Crippen LogP contribution in [0.1, 0.15) is 21.4 Å². The van der Waals surface area contributed by atoms with Gasteiger partial charge in [0.1, 0.15) is 0 Å². The van der Waals surface area contributed by atoms with E-state index >= 15 is 0 Å². The molecule has 2 rings (SSSR count). The number of nitrogens with two attached hydrogens (primary N) is 1. The van der Waals surface area contributed by atoms with Crippen molar-refractivity contribution in [2.75, 3.05) is 13.2 Å². The molecule has 2 nitrogen and oxygen atoms in total. The monoisotopic (exact) mass is 183 g/mol. The number of fused-ring (bicyclic) bond motifs is 1. The van der Waals surface area contributed by atoms with Crippen LogP contribution in [0.15, 0.2) is 6.07 Å². The average molecular weight is 183 g/mol. The van der Waals surface area contributed by atoms with Gasteiger partial charge in [-0.25, -0.2) is 0 Å². The molecule has 0 unspecified atom stereocenters. The molecule has 12 heavy (non-hydrogen) atoms. The first kappa shape index (κ1) is 8.23. The molecule has 66 valence electrons. The van der Waals surface area contributed by atoms with Crippen molar-refractivity contribution >= 4 is 11.3 Å². The summed E-state index contributed by atoms with van der Waals surface area (Å²) < 4.78 is 5.55. The molecule has 0 saturated carbocycles. The third-order valence-corrected chi connectivity index (χ3v) is 3.30. The molecule has 2 heterocycles. The molecule has 1 aliphatic heterocycles. The molecular formula is C9H13NOS. The summed E-state index contributed by atoms with van der Waals surface area (Å²) in [5.74, 6) is 0. The SMILES string of the molecule is Cc1cc2c(s1)CCO[C@@H]2CN. The summed E-state index contributed by atoms with van der Waals surface area (Å²) in [5.41, 5.74) is 6.93. The predicted octanol–water partition coefficient (Wildman–Crippen LogP) is 1.63. The van der Waals surface area contributed by atoms with Gasteiger partial charge in [0.25, 0.3) is 0 Å². The first-order chi connectivity index (χ1) is 5.81. The van der Waals surface area contributed by atoms with Gasteiger partial charge in [-0.15, -0.1) is 11.3 Å². The van der Waals surface area contributed by atoms with E-state index in [1.807, 2.05) is 11.3 Å². The Morgan fingerprint density at radius 1 is 1.75 bits per heavy atom. The maximum atomic E-state index is 5.61. The van der Waals surface area contributed by atoms with Gasteiger partial charge >= 0.3 is 0 Å². The Hall–Kier alpha value is -0.380. The van der Waals surface area contributed by atoms with E-state index in [0.717, 1.165) is 13.0 Å². The topological polar surface area (TPSA) is 35.2 Å². The van der Waals surface area contributed by atoms with Crippen LogP contribution in [0, 0.1) is 6.92 Å². The van der Waals surface area contributed by atoms with Gasteiger partial charge < -0.3 is 10.5 Å². The molecule has 0 aromatic carbocycles. The first-order valence-electron chi connectivity index (χ1n) is 4.22. The lowest BCUT2D eigenvalue weighted by Crippen LogP contribution is -2.21. The van der Waals surface area contributed by atoms with E-state index in [9.17, 15) is 0 Å². The van der Waals surface area contributed by atoms with Gasteiger partial charge in [-0.2, -0.15) is 0 Å². The Labute approximate surface area is 76.3 Å². The summed E-state index contributed by atoms with van der Waals surface area (Å²) in [6.45, 7) is 3.56. The zero-order valence-electron chi connectivity index (χ0n) is 7.17. The number of hydrogen-bond donors (Lipinski definition) is 1. The molecule has 1 aromatic heterocycles. The van der Waals surface area contributed by atoms with Gasteiger partial charge in [-0.05, 0) is 18.6 Å². The second-order valence-electron chi connectivity index (χ2n) is 3.08. The van der Waals surface area contributed by atoms with Crippen LogP contribution in [0.3, 0.4) is 0 Å². The van der Waals surface area contributed by atoms with Crippen molar-refractivity contribution in [3.63, 3.8) is 0 Å². The second-order valence-corrected chi connectivity index (χ2v) is 4.42. The van der Waals surface area contributed by atoms with E-state index in [1.165, 1.54) is 15.3 Å². The van der Waals surface area contributed by atoms with E-state index < -0.39 is 0 Å². The first-order valence-corrected chi connectivity index (χ1v) is 5.04. The maximum Gasteiger partial charge on any atom is 0.0958 e. The van der Waals surface area contributed by atoms with Crippen LogP contribution < -0.4 is 5.73 Å². The number of thiophene rings is 1. The van der Waals surface area contributed by atoms with Crippen LogP contribution >= 0.6 is 11.3 Å². The lowest BCUT2D eigenvalue weighted by molar-refractivity contribution is 0.0498. The number of ether oxygens (including phenoxy) is 1. The smallest absolute Gasteiger partial charge is 0.0958 e. The number of hydrogen-bond acceptors (Lipinski definition) is 3. The van der Waals surface area contributed by atoms with Gasteiger partial charge in [0, 0.05) is 22.7 Å². The minimum atomic E-state index is 0.152. The number of aryl methyl sites for hydroxylation is 1.